The van der Waals surface area contributed by atoms with Crippen molar-refractivity contribution in [3.63, 3.8) is 0 Å². The Morgan fingerprint density at radius 3 is 3.12 bits per heavy atom. The summed E-state index contributed by atoms with van der Waals surface area (Å²) in [5.74, 6) is 1.20. The van der Waals surface area contributed by atoms with E-state index in [0.29, 0.717) is 6.54 Å². The Hall–Kier alpha value is -2.76. The highest BCUT2D eigenvalue weighted by molar-refractivity contribution is 5.96. The molecule has 6 heteroatoms. The first-order valence-corrected chi connectivity index (χ1v) is 8.77. The predicted molar refractivity (Wildman–Crippen MR) is 97.3 cm³/mol. The van der Waals surface area contributed by atoms with Crippen molar-refractivity contribution < 1.29 is 9.53 Å². The molecule has 0 bridgehead atoms. The van der Waals surface area contributed by atoms with Crippen LogP contribution in [0.3, 0.4) is 0 Å². The fraction of sp³-hybridized carbons (Fsp3) is 0.368. The summed E-state index contributed by atoms with van der Waals surface area (Å²) in [6.07, 6.45) is 9.86. The molecule has 2 atom stereocenters. The number of aromatic nitrogens is 2. The molecule has 0 saturated carbocycles. The summed E-state index contributed by atoms with van der Waals surface area (Å²) in [4.78, 5) is 21.6. The molecular formula is C19H22N4O2. The molecule has 130 valence electrons. The number of nitrogens with zero attached hydrogens (tertiary/aromatic N) is 2. The minimum absolute atomic E-state index is 0.0470. The number of fused-ring (bicyclic) bond motifs is 1. The highest BCUT2D eigenvalue weighted by Crippen LogP contribution is 2.31. The molecule has 1 aliphatic carbocycles. The van der Waals surface area contributed by atoms with Gasteiger partial charge in [0, 0.05) is 18.2 Å². The number of hydrogen-bond acceptors (Lipinski definition) is 3. The van der Waals surface area contributed by atoms with Gasteiger partial charge in [-0.05, 0) is 43.2 Å². The summed E-state index contributed by atoms with van der Waals surface area (Å²) in [6, 6.07) is 5.93. The monoisotopic (exact) mass is 338 g/mol. The topological polar surface area (TPSA) is 70.2 Å². The van der Waals surface area contributed by atoms with Crippen LogP contribution in [0.2, 0.25) is 0 Å². The van der Waals surface area contributed by atoms with Gasteiger partial charge in [-0.1, -0.05) is 13.0 Å². The molecular weight excluding hydrogens is 316 g/mol. The minimum atomic E-state index is -0.0470. The number of hydrogen-bond donors (Lipinski definition) is 2. The Labute approximate surface area is 146 Å². The minimum Gasteiger partial charge on any atom is -0.494 e. The number of ether oxygens (including phenoxy) is 1. The number of amides is 2. The van der Waals surface area contributed by atoms with Crippen LogP contribution < -0.4 is 10.2 Å². The lowest BCUT2D eigenvalue weighted by molar-refractivity contribution is 0.221. The van der Waals surface area contributed by atoms with E-state index in [1.165, 1.54) is 0 Å². The van der Waals surface area contributed by atoms with Crippen LogP contribution in [-0.2, 0) is 4.74 Å². The van der Waals surface area contributed by atoms with E-state index < -0.39 is 0 Å². The first-order valence-electron chi connectivity index (χ1n) is 8.77. The van der Waals surface area contributed by atoms with Crippen LogP contribution in [0.15, 0.2) is 48.5 Å². The summed E-state index contributed by atoms with van der Waals surface area (Å²) in [7, 11) is 0. The van der Waals surface area contributed by atoms with Crippen molar-refractivity contribution in [2.75, 3.05) is 18.1 Å². The van der Waals surface area contributed by atoms with Crippen LogP contribution >= 0.6 is 0 Å². The molecule has 6 nitrogen and oxygen atoms in total. The molecule has 25 heavy (non-hydrogen) atoms. The van der Waals surface area contributed by atoms with Gasteiger partial charge in [0.1, 0.15) is 5.76 Å². The van der Waals surface area contributed by atoms with Crippen molar-refractivity contribution in [3.05, 3.63) is 48.5 Å². The standard InChI is InChI=1S/C19H22N4O2/c1-2-9-25-15-6-3-13(4-7-15)18-11-20-19(24)23(18)14-5-8-16-17(10-14)22-12-21-16/h3,5-8,10,12-13,18H,2,4,9,11H2,1H3,(H,20,24)(H,21,22). The lowest BCUT2D eigenvalue weighted by atomic mass is 9.91. The number of allylic oxidation sites excluding steroid dienone is 2. The second-order valence-electron chi connectivity index (χ2n) is 6.44. The molecule has 0 spiro atoms. The molecule has 2 aromatic rings. The molecule has 2 N–H and O–H groups in total. The van der Waals surface area contributed by atoms with Crippen LogP contribution in [0, 0.1) is 5.92 Å². The Morgan fingerprint density at radius 2 is 2.32 bits per heavy atom. The number of urea groups is 1. The molecule has 2 unspecified atom stereocenters. The number of carbonyl (C=O) groups excluding carboxylic acids is 1. The van der Waals surface area contributed by atoms with Crippen molar-refractivity contribution >= 4 is 22.8 Å². The maximum absolute atomic E-state index is 12.4. The van der Waals surface area contributed by atoms with Gasteiger partial charge in [-0.15, -0.1) is 0 Å². The molecule has 2 aliphatic rings. The number of imidazole rings is 1. The second kappa shape index (κ2) is 6.63. The third-order valence-corrected chi connectivity index (χ3v) is 4.76. The molecule has 0 radical (unpaired) electrons. The zero-order valence-electron chi connectivity index (χ0n) is 14.2. The zero-order valence-corrected chi connectivity index (χ0v) is 14.2. The van der Waals surface area contributed by atoms with Gasteiger partial charge in [-0.3, -0.25) is 4.90 Å². The first kappa shape index (κ1) is 15.7. The fourth-order valence-corrected chi connectivity index (χ4v) is 3.47. The number of carbonyl (C=O) groups is 1. The SMILES string of the molecule is CCCOC1=CCC(C2CNC(=O)N2c2ccc3nc[nH]c3c2)C=C1. The molecule has 1 fully saturated rings. The highest BCUT2D eigenvalue weighted by atomic mass is 16.5. The largest absolute Gasteiger partial charge is 0.494 e. The average molecular weight is 338 g/mol. The van der Waals surface area contributed by atoms with E-state index in [0.717, 1.165) is 41.9 Å². The molecule has 1 aromatic carbocycles. The van der Waals surface area contributed by atoms with E-state index in [9.17, 15) is 4.79 Å². The fourth-order valence-electron chi connectivity index (χ4n) is 3.47. The summed E-state index contributed by atoms with van der Waals surface area (Å²) in [5.41, 5.74) is 2.73. The molecule has 1 saturated heterocycles. The molecule has 2 heterocycles. The first-order chi connectivity index (χ1) is 12.3. The van der Waals surface area contributed by atoms with Crippen LogP contribution in [0.4, 0.5) is 10.5 Å². The van der Waals surface area contributed by atoms with E-state index in [-0.39, 0.29) is 18.0 Å². The quantitative estimate of drug-likeness (QED) is 0.878. The number of anilines is 1. The van der Waals surface area contributed by atoms with E-state index >= 15 is 0 Å². The van der Waals surface area contributed by atoms with Gasteiger partial charge >= 0.3 is 6.03 Å². The normalized spacial score (nSPS) is 23.0. The Bertz CT molecular complexity index is 839. The van der Waals surface area contributed by atoms with E-state index in [4.69, 9.17) is 4.74 Å². The van der Waals surface area contributed by atoms with E-state index in [1.54, 1.807) is 6.33 Å². The van der Waals surface area contributed by atoms with Crippen LogP contribution in [-0.4, -0.2) is 35.2 Å². The van der Waals surface area contributed by atoms with Crippen LogP contribution in [0.1, 0.15) is 19.8 Å². The Morgan fingerprint density at radius 1 is 1.40 bits per heavy atom. The Kier molecular flexibility index (Phi) is 4.17. The van der Waals surface area contributed by atoms with Crippen LogP contribution in [0.25, 0.3) is 11.0 Å². The van der Waals surface area contributed by atoms with Gasteiger partial charge in [0.05, 0.1) is 30.0 Å². The number of nitrogens with one attached hydrogen (secondary N) is 2. The third-order valence-electron chi connectivity index (χ3n) is 4.76. The maximum atomic E-state index is 12.4. The highest BCUT2D eigenvalue weighted by Gasteiger charge is 2.36. The van der Waals surface area contributed by atoms with Crippen LogP contribution in [0.5, 0.6) is 0 Å². The zero-order chi connectivity index (χ0) is 17.2. The number of rotatable bonds is 5. The van der Waals surface area contributed by atoms with Crippen molar-refractivity contribution in [3.8, 4) is 0 Å². The van der Waals surface area contributed by atoms with Gasteiger partial charge in [0.2, 0.25) is 0 Å². The van der Waals surface area contributed by atoms with Crippen molar-refractivity contribution in [1.82, 2.24) is 15.3 Å². The molecule has 2 amide bonds. The van der Waals surface area contributed by atoms with Crippen molar-refractivity contribution in [2.45, 2.75) is 25.8 Å². The van der Waals surface area contributed by atoms with E-state index in [2.05, 4.69) is 34.4 Å². The van der Waals surface area contributed by atoms with Gasteiger partial charge in [0.25, 0.3) is 0 Å². The van der Waals surface area contributed by atoms with Gasteiger partial charge in [-0.2, -0.15) is 0 Å². The molecule has 4 rings (SSSR count). The Balaban J connectivity index is 1.54. The lowest BCUT2D eigenvalue weighted by Crippen LogP contribution is -2.39. The summed E-state index contributed by atoms with van der Waals surface area (Å²) >= 11 is 0. The van der Waals surface area contributed by atoms with Crippen molar-refractivity contribution in [1.29, 1.82) is 0 Å². The maximum Gasteiger partial charge on any atom is 0.322 e. The summed E-state index contributed by atoms with van der Waals surface area (Å²) < 4.78 is 5.68. The summed E-state index contributed by atoms with van der Waals surface area (Å²) in [6.45, 7) is 3.48. The second-order valence-corrected chi connectivity index (χ2v) is 6.44. The summed E-state index contributed by atoms with van der Waals surface area (Å²) in [5, 5.41) is 2.98. The van der Waals surface area contributed by atoms with E-state index in [1.807, 2.05) is 29.2 Å². The smallest absolute Gasteiger partial charge is 0.322 e. The molecule has 1 aromatic heterocycles. The van der Waals surface area contributed by atoms with Gasteiger partial charge < -0.3 is 15.0 Å². The molecule has 1 aliphatic heterocycles. The number of H-pyrrole nitrogens is 1. The van der Waals surface area contributed by atoms with Gasteiger partial charge in [-0.25, -0.2) is 9.78 Å². The average Bonchev–Trinajstić information content (AvgIpc) is 3.26. The van der Waals surface area contributed by atoms with Crippen molar-refractivity contribution in [2.24, 2.45) is 5.92 Å². The predicted octanol–water partition coefficient (Wildman–Crippen LogP) is 3.35. The lowest BCUT2D eigenvalue weighted by Gasteiger charge is -2.29. The number of aromatic amines is 1. The van der Waals surface area contributed by atoms with Gasteiger partial charge in [0.15, 0.2) is 0 Å². The number of benzene rings is 1. The third kappa shape index (κ3) is 2.99.